The highest BCUT2D eigenvalue weighted by Crippen LogP contribution is 2.19. The largest absolute Gasteiger partial charge is 0.309 e. The zero-order chi connectivity index (χ0) is 12.7. The first-order valence-corrected chi connectivity index (χ1v) is 7.73. The summed E-state index contributed by atoms with van der Waals surface area (Å²) in [5.41, 5.74) is 0. The quantitative estimate of drug-likeness (QED) is 0.701. The van der Waals surface area contributed by atoms with Gasteiger partial charge in [-0.2, -0.15) is 12.6 Å². The van der Waals surface area contributed by atoms with Crippen molar-refractivity contribution in [2.24, 2.45) is 11.8 Å². The average molecular weight is 258 g/mol. The molecule has 1 aliphatic heterocycles. The second kappa shape index (κ2) is 8.39. The second-order valence-electron chi connectivity index (χ2n) is 5.95. The molecule has 17 heavy (non-hydrogen) atoms. The van der Waals surface area contributed by atoms with Gasteiger partial charge in [0.1, 0.15) is 0 Å². The van der Waals surface area contributed by atoms with E-state index in [1.165, 1.54) is 51.9 Å². The highest BCUT2D eigenvalue weighted by atomic mass is 32.1. The van der Waals surface area contributed by atoms with Crippen LogP contribution in [0.1, 0.15) is 32.6 Å². The molecule has 1 rings (SSSR count). The van der Waals surface area contributed by atoms with Crippen LogP contribution in [0, 0.1) is 11.8 Å². The fourth-order valence-corrected chi connectivity index (χ4v) is 3.12. The van der Waals surface area contributed by atoms with Crippen LogP contribution < -0.4 is 0 Å². The molecule has 1 saturated heterocycles. The summed E-state index contributed by atoms with van der Waals surface area (Å²) in [5.74, 6) is 2.80. The van der Waals surface area contributed by atoms with Gasteiger partial charge in [0.15, 0.2) is 0 Å². The number of likely N-dealkylation sites (tertiary alicyclic amines) is 1. The smallest absolute Gasteiger partial charge is 0.000451 e. The molecular formula is C14H30N2S. The molecular weight excluding hydrogens is 228 g/mol. The summed E-state index contributed by atoms with van der Waals surface area (Å²) in [6.45, 7) is 7.54. The molecule has 0 bridgehead atoms. The average Bonchev–Trinajstić information content (AvgIpc) is 2.28. The van der Waals surface area contributed by atoms with E-state index in [9.17, 15) is 0 Å². The molecule has 0 aliphatic carbocycles. The zero-order valence-corrected chi connectivity index (χ0v) is 12.8. The van der Waals surface area contributed by atoms with E-state index in [0.29, 0.717) is 0 Å². The van der Waals surface area contributed by atoms with E-state index in [0.717, 1.165) is 17.6 Å². The molecule has 0 spiro atoms. The molecule has 0 aromatic carbocycles. The third-order valence-corrected chi connectivity index (χ3v) is 4.15. The van der Waals surface area contributed by atoms with E-state index in [1.54, 1.807) is 0 Å². The molecule has 0 saturated carbocycles. The minimum absolute atomic E-state index is 0.840. The lowest BCUT2D eigenvalue weighted by atomic mass is 9.95. The zero-order valence-electron chi connectivity index (χ0n) is 11.9. The van der Waals surface area contributed by atoms with Gasteiger partial charge in [-0.25, -0.2) is 0 Å². The Morgan fingerprint density at radius 3 is 2.41 bits per heavy atom. The van der Waals surface area contributed by atoms with Crippen LogP contribution in [0.5, 0.6) is 0 Å². The van der Waals surface area contributed by atoms with Crippen molar-refractivity contribution in [3.8, 4) is 0 Å². The number of hydrogen-bond acceptors (Lipinski definition) is 3. The van der Waals surface area contributed by atoms with Gasteiger partial charge < -0.3 is 9.80 Å². The highest BCUT2D eigenvalue weighted by molar-refractivity contribution is 7.80. The van der Waals surface area contributed by atoms with Crippen molar-refractivity contribution in [3.05, 3.63) is 0 Å². The summed E-state index contributed by atoms with van der Waals surface area (Å²) in [4.78, 5) is 4.98. The molecule has 102 valence electrons. The fraction of sp³-hybridized carbons (Fsp3) is 1.00. The Morgan fingerprint density at radius 2 is 1.88 bits per heavy atom. The monoisotopic (exact) mass is 258 g/mol. The second-order valence-corrected chi connectivity index (χ2v) is 6.40. The molecule has 1 unspecified atom stereocenters. The Kier molecular flexibility index (Phi) is 7.56. The van der Waals surface area contributed by atoms with E-state index >= 15 is 0 Å². The summed E-state index contributed by atoms with van der Waals surface area (Å²) in [6, 6.07) is 0. The summed E-state index contributed by atoms with van der Waals surface area (Å²) < 4.78 is 0. The number of thiol groups is 1. The van der Waals surface area contributed by atoms with Crippen molar-refractivity contribution in [2.45, 2.75) is 32.6 Å². The summed E-state index contributed by atoms with van der Waals surface area (Å²) in [6.07, 6.45) is 5.39. The van der Waals surface area contributed by atoms with Crippen LogP contribution in [0.3, 0.4) is 0 Å². The Hall–Kier alpha value is 0.270. The van der Waals surface area contributed by atoms with Crippen LogP contribution in [0.25, 0.3) is 0 Å². The lowest BCUT2D eigenvalue weighted by Gasteiger charge is -2.33. The first-order valence-electron chi connectivity index (χ1n) is 7.09. The Labute approximate surface area is 113 Å². The molecule has 1 atom stereocenters. The third kappa shape index (κ3) is 6.68. The molecule has 1 aliphatic rings. The third-order valence-electron chi connectivity index (χ3n) is 3.89. The van der Waals surface area contributed by atoms with Gasteiger partial charge in [-0.15, -0.1) is 0 Å². The van der Waals surface area contributed by atoms with E-state index in [4.69, 9.17) is 0 Å². The molecule has 1 fully saturated rings. The van der Waals surface area contributed by atoms with Gasteiger partial charge in [0.25, 0.3) is 0 Å². The molecule has 3 heteroatoms. The van der Waals surface area contributed by atoms with Crippen LogP contribution in [-0.2, 0) is 0 Å². The van der Waals surface area contributed by atoms with Crippen molar-refractivity contribution >= 4 is 12.6 Å². The standard InChI is InChI=1S/C14H30N2S/c1-13(7-11-17)4-8-16-9-5-14(6-10-16)12-15(2)3/h13-14,17H,4-12H2,1-3H3. The first-order chi connectivity index (χ1) is 8.11. The Morgan fingerprint density at radius 1 is 1.24 bits per heavy atom. The molecule has 2 nitrogen and oxygen atoms in total. The predicted octanol–water partition coefficient (Wildman–Crippen LogP) is 2.61. The molecule has 0 aromatic heterocycles. The Bertz CT molecular complexity index is 189. The maximum Gasteiger partial charge on any atom is 0.000451 e. The van der Waals surface area contributed by atoms with Crippen LogP contribution in [-0.4, -0.2) is 55.8 Å². The lowest BCUT2D eigenvalue weighted by molar-refractivity contribution is 0.156. The number of hydrogen-bond donors (Lipinski definition) is 1. The van der Waals surface area contributed by atoms with E-state index in [1.807, 2.05) is 0 Å². The maximum absolute atomic E-state index is 4.31. The normalized spacial score (nSPS) is 21.0. The van der Waals surface area contributed by atoms with Crippen LogP contribution in [0.2, 0.25) is 0 Å². The summed E-state index contributed by atoms with van der Waals surface area (Å²) in [7, 11) is 4.37. The van der Waals surface area contributed by atoms with Crippen molar-refractivity contribution in [2.75, 3.05) is 46.0 Å². The lowest BCUT2D eigenvalue weighted by Crippen LogP contribution is -2.37. The SMILES string of the molecule is CC(CCS)CCN1CCC(CN(C)C)CC1. The van der Waals surface area contributed by atoms with Gasteiger partial charge in [-0.05, 0) is 77.0 Å². The topological polar surface area (TPSA) is 6.48 Å². The predicted molar refractivity (Wildman–Crippen MR) is 80.0 cm³/mol. The summed E-state index contributed by atoms with van der Waals surface area (Å²) in [5, 5.41) is 0. The van der Waals surface area contributed by atoms with Crippen molar-refractivity contribution in [1.82, 2.24) is 9.80 Å². The van der Waals surface area contributed by atoms with Crippen LogP contribution in [0.4, 0.5) is 0 Å². The van der Waals surface area contributed by atoms with Crippen LogP contribution in [0.15, 0.2) is 0 Å². The fourth-order valence-electron chi connectivity index (χ4n) is 2.68. The van der Waals surface area contributed by atoms with Gasteiger partial charge in [-0.3, -0.25) is 0 Å². The van der Waals surface area contributed by atoms with Gasteiger partial charge >= 0.3 is 0 Å². The van der Waals surface area contributed by atoms with Gasteiger partial charge in [0, 0.05) is 6.54 Å². The van der Waals surface area contributed by atoms with Crippen molar-refractivity contribution < 1.29 is 0 Å². The van der Waals surface area contributed by atoms with E-state index in [2.05, 4.69) is 43.4 Å². The molecule has 0 N–H and O–H groups in total. The minimum Gasteiger partial charge on any atom is -0.309 e. The number of rotatable bonds is 7. The molecule has 0 amide bonds. The van der Waals surface area contributed by atoms with Crippen molar-refractivity contribution in [3.63, 3.8) is 0 Å². The van der Waals surface area contributed by atoms with Gasteiger partial charge in [0.2, 0.25) is 0 Å². The van der Waals surface area contributed by atoms with E-state index < -0.39 is 0 Å². The highest BCUT2D eigenvalue weighted by Gasteiger charge is 2.19. The van der Waals surface area contributed by atoms with Crippen LogP contribution >= 0.6 is 12.6 Å². The Balaban J connectivity index is 2.10. The molecule has 1 heterocycles. The maximum atomic E-state index is 4.31. The molecule has 0 aromatic rings. The first kappa shape index (κ1) is 15.3. The minimum atomic E-state index is 0.840. The van der Waals surface area contributed by atoms with Gasteiger partial charge in [-0.1, -0.05) is 6.92 Å². The molecule has 0 radical (unpaired) electrons. The van der Waals surface area contributed by atoms with Crippen molar-refractivity contribution in [1.29, 1.82) is 0 Å². The van der Waals surface area contributed by atoms with E-state index in [-0.39, 0.29) is 0 Å². The number of nitrogens with zero attached hydrogens (tertiary/aromatic N) is 2. The summed E-state index contributed by atoms with van der Waals surface area (Å²) >= 11 is 4.31. The van der Waals surface area contributed by atoms with Gasteiger partial charge in [0.05, 0.1) is 0 Å². The number of piperidine rings is 1.